The number of rotatable bonds is 5. The number of para-hydroxylation sites is 1. The zero-order valence-electron chi connectivity index (χ0n) is 12.3. The van der Waals surface area contributed by atoms with E-state index in [4.69, 9.17) is 5.73 Å². The first-order chi connectivity index (χ1) is 10.3. The molecule has 0 saturated heterocycles. The zero-order valence-corrected chi connectivity index (χ0v) is 12.3. The molecule has 1 aliphatic carbocycles. The molecule has 4 nitrogen and oxygen atoms in total. The van der Waals surface area contributed by atoms with E-state index in [2.05, 4.69) is 16.0 Å². The molecule has 1 aromatic heterocycles. The highest BCUT2D eigenvalue weighted by atomic mass is 16.3. The Kier molecular flexibility index (Phi) is 4.36. The Labute approximate surface area is 125 Å². The van der Waals surface area contributed by atoms with E-state index in [1.165, 1.54) is 31.4 Å². The summed E-state index contributed by atoms with van der Waals surface area (Å²) in [5.41, 5.74) is 9.17. The van der Waals surface area contributed by atoms with Gasteiger partial charge in [-0.2, -0.15) is 0 Å². The summed E-state index contributed by atoms with van der Waals surface area (Å²) in [6.45, 7) is 1.30. The van der Waals surface area contributed by atoms with E-state index < -0.39 is 0 Å². The number of aliphatic hydroxyl groups is 1. The zero-order chi connectivity index (χ0) is 14.7. The van der Waals surface area contributed by atoms with E-state index in [0.717, 1.165) is 16.5 Å². The standard InChI is InChI=1S/C17H23N3O/c18-11-13-12-19-16-8-4-3-7-15(16)17(13)20(9-10-21)14-5-1-2-6-14/h3-4,7-8,12,14,21H,1-2,5-6,9-11,18H2. The third kappa shape index (κ3) is 2.74. The van der Waals surface area contributed by atoms with Gasteiger partial charge in [0.05, 0.1) is 17.8 Å². The number of pyridine rings is 1. The van der Waals surface area contributed by atoms with Gasteiger partial charge in [0, 0.05) is 36.3 Å². The Balaban J connectivity index is 2.14. The van der Waals surface area contributed by atoms with Gasteiger partial charge in [0.25, 0.3) is 0 Å². The first-order valence-electron chi connectivity index (χ1n) is 7.79. The Hall–Kier alpha value is -1.65. The van der Waals surface area contributed by atoms with Gasteiger partial charge in [-0.1, -0.05) is 31.0 Å². The topological polar surface area (TPSA) is 62.4 Å². The Morgan fingerprint density at radius 2 is 2.00 bits per heavy atom. The number of nitrogens with two attached hydrogens (primary N) is 1. The summed E-state index contributed by atoms with van der Waals surface area (Å²) in [7, 11) is 0. The molecular weight excluding hydrogens is 262 g/mol. The van der Waals surface area contributed by atoms with Crippen LogP contribution in [0.1, 0.15) is 31.2 Å². The molecule has 1 fully saturated rings. The molecule has 1 saturated carbocycles. The molecule has 0 atom stereocenters. The van der Waals surface area contributed by atoms with Crippen LogP contribution in [-0.2, 0) is 6.54 Å². The smallest absolute Gasteiger partial charge is 0.0723 e. The minimum atomic E-state index is 0.164. The average molecular weight is 285 g/mol. The van der Waals surface area contributed by atoms with Crippen LogP contribution < -0.4 is 10.6 Å². The lowest BCUT2D eigenvalue weighted by Gasteiger charge is -2.33. The van der Waals surface area contributed by atoms with Crippen LogP contribution in [0.4, 0.5) is 5.69 Å². The van der Waals surface area contributed by atoms with Gasteiger partial charge in [0.1, 0.15) is 0 Å². The molecule has 0 unspecified atom stereocenters. The summed E-state index contributed by atoms with van der Waals surface area (Å²) in [6, 6.07) is 8.70. The average Bonchev–Trinajstić information content (AvgIpc) is 3.06. The van der Waals surface area contributed by atoms with E-state index >= 15 is 0 Å². The van der Waals surface area contributed by atoms with Gasteiger partial charge in [-0.15, -0.1) is 0 Å². The molecule has 4 heteroatoms. The number of benzene rings is 1. The summed E-state index contributed by atoms with van der Waals surface area (Å²) >= 11 is 0. The third-order valence-corrected chi connectivity index (χ3v) is 4.44. The summed E-state index contributed by atoms with van der Waals surface area (Å²) in [5.74, 6) is 0. The normalized spacial score (nSPS) is 15.7. The molecular formula is C17H23N3O. The van der Waals surface area contributed by atoms with Crippen molar-refractivity contribution in [3.63, 3.8) is 0 Å². The fraction of sp³-hybridized carbons (Fsp3) is 0.471. The molecule has 0 amide bonds. The van der Waals surface area contributed by atoms with Gasteiger partial charge in [-0.25, -0.2) is 0 Å². The number of hydrogen-bond donors (Lipinski definition) is 2. The van der Waals surface area contributed by atoms with Crippen LogP contribution in [-0.4, -0.2) is 29.3 Å². The van der Waals surface area contributed by atoms with Crippen molar-refractivity contribution in [3.8, 4) is 0 Å². The van der Waals surface area contributed by atoms with E-state index in [1.807, 2.05) is 24.4 Å². The quantitative estimate of drug-likeness (QED) is 0.885. The molecule has 2 aromatic rings. The summed E-state index contributed by atoms with van der Waals surface area (Å²) in [6.07, 6.45) is 6.82. The molecule has 1 aromatic carbocycles. The maximum absolute atomic E-state index is 9.51. The fourth-order valence-electron chi connectivity index (χ4n) is 3.46. The van der Waals surface area contributed by atoms with Crippen molar-refractivity contribution >= 4 is 16.6 Å². The van der Waals surface area contributed by atoms with Crippen LogP contribution in [0.3, 0.4) is 0 Å². The van der Waals surface area contributed by atoms with Crippen molar-refractivity contribution < 1.29 is 5.11 Å². The monoisotopic (exact) mass is 285 g/mol. The summed E-state index contributed by atoms with van der Waals surface area (Å²) in [4.78, 5) is 6.87. The number of anilines is 1. The van der Waals surface area contributed by atoms with E-state index in [1.54, 1.807) is 0 Å². The minimum absolute atomic E-state index is 0.164. The number of fused-ring (bicyclic) bond motifs is 1. The molecule has 0 radical (unpaired) electrons. The first kappa shape index (κ1) is 14.3. The van der Waals surface area contributed by atoms with Gasteiger partial charge in [-0.3, -0.25) is 4.98 Å². The fourth-order valence-corrected chi connectivity index (χ4v) is 3.46. The maximum Gasteiger partial charge on any atom is 0.0723 e. The van der Waals surface area contributed by atoms with Crippen LogP contribution in [0.5, 0.6) is 0 Å². The highest BCUT2D eigenvalue weighted by molar-refractivity contribution is 5.93. The number of hydrogen-bond acceptors (Lipinski definition) is 4. The lowest BCUT2D eigenvalue weighted by Crippen LogP contribution is -2.36. The van der Waals surface area contributed by atoms with E-state index in [-0.39, 0.29) is 6.61 Å². The van der Waals surface area contributed by atoms with Gasteiger partial charge < -0.3 is 15.7 Å². The van der Waals surface area contributed by atoms with Crippen molar-refractivity contribution in [2.45, 2.75) is 38.3 Å². The van der Waals surface area contributed by atoms with Gasteiger partial charge in [0.15, 0.2) is 0 Å². The van der Waals surface area contributed by atoms with Gasteiger partial charge in [-0.05, 0) is 18.9 Å². The highest BCUT2D eigenvalue weighted by Gasteiger charge is 2.25. The van der Waals surface area contributed by atoms with Crippen molar-refractivity contribution in [3.05, 3.63) is 36.0 Å². The van der Waals surface area contributed by atoms with E-state index in [0.29, 0.717) is 19.1 Å². The Morgan fingerprint density at radius 3 is 2.71 bits per heavy atom. The second-order valence-electron chi connectivity index (χ2n) is 5.71. The van der Waals surface area contributed by atoms with Crippen molar-refractivity contribution in [2.75, 3.05) is 18.1 Å². The second kappa shape index (κ2) is 6.41. The number of aromatic nitrogens is 1. The molecule has 3 rings (SSSR count). The molecule has 1 aliphatic rings. The van der Waals surface area contributed by atoms with Gasteiger partial charge in [0.2, 0.25) is 0 Å². The lowest BCUT2D eigenvalue weighted by molar-refractivity contribution is 0.297. The number of aliphatic hydroxyl groups excluding tert-OH is 1. The predicted octanol–water partition coefficient (Wildman–Crippen LogP) is 2.43. The summed E-state index contributed by atoms with van der Waals surface area (Å²) in [5, 5.41) is 10.6. The van der Waals surface area contributed by atoms with Crippen LogP contribution in [0.2, 0.25) is 0 Å². The van der Waals surface area contributed by atoms with Crippen molar-refractivity contribution in [1.82, 2.24) is 4.98 Å². The van der Waals surface area contributed by atoms with Crippen LogP contribution in [0.25, 0.3) is 10.9 Å². The molecule has 0 aliphatic heterocycles. The molecule has 21 heavy (non-hydrogen) atoms. The minimum Gasteiger partial charge on any atom is -0.395 e. The predicted molar refractivity (Wildman–Crippen MR) is 86.3 cm³/mol. The van der Waals surface area contributed by atoms with Crippen LogP contribution >= 0.6 is 0 Å². The van der Waals surface area contributed by atoms with Crippen molar-refractivity contribution in [2.24, 2.45) is 5.73 Å². The second-order valence-corrected chi connectivity index (χ2v) is 5.71. The van der Waals surface area contributed by atoms with Crippen LogP contribution in [0, 0.1) is 0 Å². The van der Waals surface area contributed by atoms with Gasteiger partial charge >= 0.3 is 0 Å². The largest absolute Gasteiger partial charge is 0.395 e. The first-order valence-corrected chi connectivity index (χ1v) is 7.79. The molecule has 0 spiro atoms. The van der Waals surface area contributed by atoms with Crippen molar-refractivity contribution in [1.29, 1.82) is 0 Å². The molecule has 1 heterocycles. The van der Waals surface area contributed by atoms with Crippen LogP contribution in [0.15, 0.2) is 30.5 Å². The lowest BCUT2D eigenvalue weighted by atomic mass is 10.1. The molecule has 3 N–H and O–H groups in total. The third-order valence-electron chi connectivity index (χ3n) is 4.44. The number of nitrogens with zero attached hydrogens (tertiary/aromatic N) is 2. The molecule has 0 bridgehead atoms. The SMILES string of the molecule is NCc1cnc2ccccc2c1N(CCO)C1CCCC1. The highest BCUT2D eigenvalue weighted by Crippen LogP contribution is 2.34. The maximum atomic E-state index is 9.51. The Bertz CT molecular complexity index is 608. The summed E-state index contributed by atoms with van der Waals surface area (Å²) < 4.78 is 0. The van der Waals surface area contributed by atoms with E-state index in [9.17, 15) is 5.11 Å². The molecule has 112 valence electrons. The Morgan fingerprint density at radius 1 is 1.24 bits per heavy atom.